The summed E-state index contributed by atoms with van der Waals surface area (Å²) in [7, 11) is 0. The Morgan fingerprint density at radius 1 is 0.944 bits per heavy atom. The standard InChI is InChI=1S/C24H24ClN3O.C2HF3O2/c25-22-3-1-2-21(16-22)24(29)27-23-10-8-20(9-11-23)19-6-4-18(5-7-19)17-28-14-12-26-13-15-28;3-2(4,5)1(6)7/h1-11,16,26H,12-15,17H2,(H,27,29);(H,6,7). The maximum Gasteiger partial charge on any atom is 0.490 e. The van der Waals surface area contributed by atoms with E-state index in [4.69, 9.17) is 21.5 Å². The van der Waals surface area contributed by atoms with Crippen LogP contribution in [0.3, 0.4) is 0 Å². The van der Waals surface area contributed by atoms with Gasteiger partial charge in [0.05, 0.1) is 0 Å². The number of anilines is 1. The van der Waals surface area contributed by atoms with E-state index in [1.54, 1.807) is 24.3 Å². The Bertz CT molecular complexity index is 1160. The molecule has 190 valence electrons. The highest BCUT2D eigenvalue weighted by Gasteiger charge is 2.38. The molecule has 0 saturated carbocycles. The van der Waals surface area contributed by atoms with Gasteiger partial charge in [0.15, 0.2) is 0 Å². The van der Waals surface area contributed by atoms with Crippen molar-refractivity contribution in [2.75, 3.05) is 31.5 Å². The average molecular weight is 520 g/mol. The van der Waals surface area contributed by atoms with E-state index in [0.717, 1.165) is 44.0 Å². The number of benzene rings is 3. The fourth-order valence-corrected chi connectivity index (χ4v) is 3.70. The van der Waals surface area contributed by atoms with Crippen LogP contribution in [-0.2, 0) is 11.3 Å². The highest BCUT2D eigenvalue weighted by atomic mass is 35.5. The Kier molecular flexibility index (Phi) is 9.46. The summed E-state index contributed by atoms with van der Waals surface area (Å²) < 4.78 is 31.7. The maximum atomic E-state index is 12.3. The van der Waals surface area contributed by atoms with Crippen LogP contribution in [0.4, 0.5) is 18.9 Å². The summed E-state index contributed by atoms with van der Waals surface area (Å²) in [4.78, 5) is 23.7. The van der Waals surface area contributed by atoms with E-state index in [1.165, 1.54) is 11.1 Å². The minimum Gasteiger partial charge on any atom is -0.475 e. The van der Waals surface area contributed by atoms with Crippen molar-refractivity contribution in [3.63, 3.8) is 0 Å². The zero-order valence-corrected chi connectivity index (χ0v) is 19.9. The lowest BCUT2D eigenvalue weighted by Gasteiger charge is -2.27. The van der Waals surface area contributed by atoms with Gasteiger partial charge in [-0.2, -0.15) is 13.2 Å². The zero-order valence-electron chi connectivity index (χ0n) is 19.2. The predicted octanol–water partition coefficient (Wildman–Crippen LogP) is 5.30. The molecule has 0 spiro atoms. The zero-order chi connectivity index (χ0) is 26.1. The lowest BCUT2D eigenvalue weighted by molar-refractivity contribution is -0.192. The molecule has 0 bridgehead atoms. The second-order valence-electron chi connectivity index (χ2n) is 8.07. The number of carbonyl (C=O) groups is 2. The monoisotopic (exact) mass is 519 g/mol. The fourth-order valence-electron chi connectivity index (χ4n) is 3.51. The molecule has 1 aliphatic rings. The molecule has 1 heterocycles. The van der Waals surface area contributed by atoms with Gasteiger partial charge in [0.2, 0.25) is 0 Å². The Balaban J connectivity index is 0.000000454. The molecule has 36 heavy (non-hydrogen) atoms. The first-order chi connectivity index (χ1) is 17.1. The van der Waals surface area contributed by atoms with Crippen LogP contribution >= 0.6 is 11.6 Å². The number of piperazine rings is 1. The van der Waals surface area contributed by atoms with Crippen molar-refractivity contribution >= 4 is 29.2 Å². The van der Waals surface area contributed by atoms with Crippen LogP contribution in [0.5, 0.6) is 0 Å². The van der Waals surface area contributed by atoms with Crippen molar-refractivity contribution in [2.45, 2.75) is 12.7 Å². The summed E-state index contributed by atoms with van der Waals surface area (Å²) in [6, 6.07) is 23.6. The molecule has 1 aliphatic heterocycles. The number of carboxylic acid groups (broad SMARTS) is 1. The van der Waals surface area contributed by atoms with Crippen LogP contribution in [0, 0.1) is 0 Å². The Morgan fingerprint density at radius 3 is 2.03 bits per heavy atom. The minimum atomic E-state index is -5.08. The number of nitrogens with zero attached hydrogens (tertiary/aromatic N) is 1. The molecule has 1 saturated heterocycles. The van der Waals surface area contributed by atoms with Gasteiger partial charge >= 0.3 is 12.1 Å². The van der Waals surface area contributed by atoms with E-state index in [0.29, 0.717) is 10.6 Å². The third-order valence-corrected chi connectivity index (χ3v) is 5.61. The number of halogens is 4. The van der Waals surface area contributed by atoms with Crippen molar-refractivity contribution in [3.8, 4) is 11.1 Å². The van der Waals surface area contributed by atoms with Gasteiger partial charge in [-0.15, -0.1) is 0 Å². The van der Waals surface area contributed by atoms with E-state index in [-0.39, 0.29) is 5.91 Å². The number of alkyl halides is 3. The van der Waals surface area contributed by atoms with Gasteiger partial charge < -0.3 is 15.7 Å². The van der Waals surface area contributed by atoms with E-state index >= 15 is 0 Å². The molecular formula is C26H25ClF3N3O3. The number of nitrogens with one attached hydrogen (secondary N) is 2. The van der Waals surface area contributed by atoms with Crippen LogP contribution in [0.1, 0.15) is 15.9 Å². The van der Waals surface area contributed by atoms with Crippen molar-refractivity contribution in [1.29, 1.82) is 0 Å². The highest BCUT2D eigenvalue weighted by Crippen LogP contribution is 2.23. The first-order valence-corrected chi connectivity index (χ1v) is 11.5. The number of amides is 1. The third kappa shape index (κ3) is 8.37. The Morgan fingerprint density at radius 2 is 1.50 bits per heavy atom. The molecule has 4 rings (SSSR count). The SMILES string of the molecule is O=C(Nc1ccc(-c2ccc(CN3CCNCC3)cc2)cc1)c1cccc(Cl)c1.O=C(O)C(F)(F)F. The molecule has 3 aromatic rings. The summed E-state index contributed by atoms with van der Waals surface area (Å²) >= 11 is 5.96. The van der Waals surface area contributed by atoms with E-state index in [2.05, 4.69) is 39.8 Å². The molecule has 3 aromatic carbocycles. The van der Waals surface area contributed by atoms with Crippen LogP contribution in [0.2, 0.25) is 5.02 Å². The van der Waals surface area contributed by atoms with Crippen molar-refractivity contribution < 1.29 is 27.9 Å². The fraction of sp³-hybridized carbons (Fsp3) is 0.231. The smallest absolute Gasteiger partial charge is 0.475 e. The molecule has 1 fully saturated rings. The van der Waals surface area contributed by atoms with Crippen LogP contribution in [0.15, 0.2) is 72.8 Å². The number of carbonyl (C=O) groups excluding carboxylic acids is 1. The summed E-state index contributed by atoms with van der Waals surface area (Å²) in [5.41, 5.74) is 4.93. The molecule has 1 amide bonds. The van der Waals surface area contributed by atoms with Crippen molar-refractivity contribution in [1.82, 2.24) is 10.2 Å². The number of aliphatic carboxylic acids is 1. The summed E-state index contributed by atoms with van der Waals surface area (Å²) in [5.74, 6) is -2.93. The van der Waals surface area contributed by atoms with E-state index in [9.17, 15) is 18.0 Å². The molecule has 0 atom stereocenters. The molecule has 6 nitrogen and oxygen atoms in total. The van der Waals surface area contributed by atoms with Crippen LogP contribution < -0.4 is 10.6 Å². The number of carboxylic acids is 1. The van der Waals surface area contributed by atoms with E-state index < -0.39 is 12.1 Å². The lowest BCUT2D eigenvalue weighted by atomic mass is 10.0. The Labute approximate surface area is 211 Å². The van der Waals surface area contributed by atoms with Gasteiger partial charge in [0, 0.05) is 49.0 Å². The van der Waals surface area contributed by atoms with Crippen LogP contribution in [-0.4, -0.2) is 54.2 Å². The number of hydrogen-bond donors (Lipinski definition) is 3. The predicted molar refractivity (Wildman–Crippen MR) is 133 cm³/mol. The normalized spacial score (nSPS) is 13.9. The first kappa shape index (κ1) is 27.2. The second kappa shape index (κ2) is 12.5. The number of rotatable bonds is 5. The Hall–Kier alpha value is -3.40. The first-order valence-electron chi connectivity index (χ1n) is 11.1. The highest BCUT2D eigenvalue weighted by molar-refractivity contribution is 6.31. The topological polar surface area (TPSA) is 81.7 Å². The summed E-state index contributed by atoms with van der Waals surface area (Å²) in [5, 5.41) is 14.0. The van der Waals surface area contributed by atoms with Gasteiger partial charge in [0.1, 0.15) is 0 Å². The van der Waals surface area contributed by atoms with Gasteiger partial charge in [0.25, 0.3) is 5.91 Å². The third-order valence-electron chi connectivity index (χ3n) is 5.38. The minimum absolute atomic E-state index is 0.169. The summed E-state index contributed by atoms with van der Waals surface area (Å²) in [6.45, 7) is 5.33. The molecule has 0 unspecified atom stereocenters. The average Bonchev–Trinajstić information content (AvgIpc) is 2.85. The van der Waals surface area contributed by atoms with Crippen LogP contribution in [0.25, 0.3) is 11.1 Å². The second-order valence-corrected chi connectivity index (χ2v) is 8.50. The van der Waals surface area contributed by atoms with Crippen molar-refractivity contribution in [3.05, 3.63) is 88.9 Å². The van der Waals surface area contributed by atoms with Gasteiger partial charge in [-0.1, -0.05) is 54.1 Å². The molecule has 3 N–H and O–H groups in total. The molecular weight excluding hydrogens is 495 g/mol. The summed E-state index contributed by atoms with van der Waals surface area (Å²) in [6.07, 6.45) is -5.08. The molecule has 10 heteroatoms. The van der Waals surface area contributed by atoms with Gasteiger partial charge in [-0.3, -0.25) is 9.69 Å². The van der Waals surface area contributed by atoms with Gasteiger partial charge in [-0.25, -0.2) is 4.79 Å². The molecule has 0 radical (unpaired) electrons. The number of hydrogen-bond acceptors (Lipinski definition) is 4. The van der Waals surface area contributed by atoms with Gasteiger partial charge in [-0.05, 0) is 47.0 Å². The van der Waals surface area contributed by atoms with Crippen molar-refractivity contribution in [2.24, 2.45) is 0 Å². The quantitative estimate of drug-likeness (QED) is 0.426. The molecule has 0 aromatic heterocycles. The molecule has 0 aliphatic carbocycles. The largest absolute Gasteiger partial charge is 0.490 e. The maximum absolute atomic E-state index is 12.3. The van der Waals surface area contributed by atoms with E-state index in [1.807, 2.05) is 24.3 Å². The lowest BCUT2D eigenvalue weighted by Crippen LogP contribution is -2.42.